The maximum Gasteiger partial charge on any atom is 0.253 e. The fourth-order valence-corrected chi connectivity index (χ4v) is 6.88. The second kappa shape index (κ2) is 11.1. The average Bonchev–Trinajstić information content (AvgIpc) is 3.38. The van der Waals surface area contributed by atoms with Gasteiger partial charge in [0.15, 0.2) is 0 Å². The maximum absolute atomic E-state index is 13.6. The molecule has 3 aliphatic rings. The van der Waals surface area contributed by atoms with Crippen molar-refractivity contribution in [3.05, 3.63) is 99.3 Å². The molecule has 39 heavy (non-hydrogen) atoms. The number of hydrogen-bond donors (Lipinski definition) is 1. The minimum absolute atomic E-state index is 0.0590. The molecule has 0 bridgehead atoms. The maximum atomic E-state index is 13.6. The van der Waals surface area contributed by atoms with Crippen molar-refractivity contribution < 1.29 is 9.59 Å². The van der Waals surface area contributed by atoms with Crippen LogP contribution in [0.15, 0.2) is 60.9 Å². The number of hydrogen-bond acceptors (Lipinski definition) is 4. The van der Waals surface area contributed by atoms with Crippen LogP contribution in [0.4, 0.5) is 0 Å². The second-order valence-electron chi connectivity index (χ2n) is 11.2. The molecule has 1 N–H and O–H groups in total. The Morgan fingerprint density at radius 1 is 0.974 bits per heavy atom. The van der Waals surface area contributed by atoms with Crippen LogP contribution in [0.2, 0.25) is 5.02 Å². The molecule has 1 fully saturated rings. The van der Waals surface area contributed by atoms with Crippen LogP contribution in [0.25, 0.3) is 0 Å². The Morgan fingerprint density at radius 2 is 1.79 bits per heavy atom. The van der Waals surface area contributed by atoms with Crippen LogP contribution in [-0.4, -0.2) is 52.3 Å². The van der Waals surface area contributed by atoms with E-state index in [0.29, 0.717) is 22.2 Å². The number of amides is 2. The summed E-state index contributed by atoms with van der Waals surface area (Å²) < 4.78 is 0. The lowest BCUT2D eigenvalue weighted by Gasteiger charge is -2.41. The molecule has 202 valence electrons. The lowest BCUT2D eigenvalue weighted by molar-refractivity contribution is 0.0615. The zero-order chi connectivity index (χ0) is 26.9. The summed E-state index contributed by atoms with van der Waals surface area (Å²) >= 11 is 6.24. The van der Waals surface area contributed by atoms with Crippen LogP contribution in [0.5, 0.6) is 0 Å². The number of rotatable bonds is 5. The lowest BCUT2D eigenvalue weighted by Crippen LogP contribution is -2.46. The van der Waals surface area contributed by atoms with Crippen molar-refractivity contribution in [3.63, 3.8) is 0 Å². The highest BCUT2D eigenvalue weighted by molar-refractivity contribution is 6.33. The fourth-order valence-electron chi connectivity index (χ4n) is 6.66. The zero-order valence-electron chi connectivity index (χ0n) is 22.4. The molecule has 2 aliphatic carbocycles. The van der Waals surface area contributed by atoms with Gasteiger partial charge >= 0.3 is 0 Å². The molecule has 7 heteroatoms. The van der Waals surface area contributed by atoms with Gasteiger partial charge < -0.3 is 10.2 Å². The zero-order valence-corrected chi connectivity index (χ0v) is 23.2. The third-order valence-electron chi connectivity index (χ3n) is 8.99. The summed E-state index contributed by atoms with van der Waals surface area (Å²) in [5.41, 5.74) is 6.19. The second-order valence-corrected chi connectivity index (χ2v) is 11.6. The summed E-state index contributed by atoms with van der Waals surface area (Å²) in [7, 11) is 1.95. The summed E-state index contributed by atoms with van der Waals surface area (Å²) in [5, 5.41) is 3.58. The Bertz CT molecular complexity index is 1380. The van der Waals surface area contributed by atoms with Gasteiger partial charge in [0, 0.05) is 50.2 Å². The third-order valence-corrected chi connectivity index (χ3v) is 9.32. The van der Waals surface area contributed by atoms with Crippen molar-refractivity contribution in [2.45, 2.75) is 69.6 Å². The van der Waals surface area contributed by atoms with E-state index in [9.17, 15) is 9.59 Å². The molecule has 0 unspecified atom stereocenters. The van der Waals surface area contributed by atoms with Crippen LogP contribution < -0.4 is 5.32 Å². The van der Waals surface area contributed by atoms with E-state index in [1.54, 1.807) is 12.1 Å². The van der Waals surface area contributed by atoms with Crippen LogP contribution in [0.1, 0.15) is 81.1 Å². The summed E-state index contributed by atoms with van der Waals surface area (Å²) in [6.45, 7) is 2.09. The number of aryl methyl sites for hydroxylation is 1. The van der Waals surface area contributed by atoms with Crippen molar-refractivity contribution >= 4 is 23.4 Å². The molecular formula is C32H35ClN4O2. The van der Waals surface area contributed by atoms with Crippen LogP contribution in [0.3, 0.4) is 0 Å². The van der Waals surface area contributed by atoms with Gasteiger partial charge in [0.1, 0.15) is 0 Å². The fraction of sp³-hybridized carbons (Fsp3) is 0.406. The first-order chi connectivity index (χ1) is 19.0. The molecule has 2 aromatic carbocycles. The lowest BCUT2D eigenvalue weighted by atomic mass is 9.87. The Balaban J connectivity index is 1.08. The topological polar surface area (TPSA) is 65.5 Å². The highest BCUT2D eigenvalue weighted by Gasteiger charge is 2.32. The molecule has 6 nitrogen and oxygen atoms in total. The van der Waals surface area contributed by atoms with E-state index in [2.05, 4.69) is 27.3 Å². The van der Waals surface area contributed by atoms with Crippen molar-refractivity contribution in [2.24, 2.45) is 0 Å². The predicted octanol–water partition coefficient (Wildman–Crippen LogP) is 5.59. The van der Waals surface area contributed by atoms with Gasteiger partial charge in [-0.15, -0.1) is 0 Å². The quantitative estimate of drug-likeness (QED) is 0.456. The summed E-state index contributed by atoms with van der Waals surface area (Å²) in [4.78, 5) is 35.3. The Hall–Kier alpha value is -3.22. The first-order valence-corrected chi connectivity index (χ1v) is 14.5. The summed E-state index contributed by atoms with van der Waals surface area (Å²) in [5.74, 6) is -0.123. The number of carbonyl (C=O) groups excluding carboxylic acids is 2. The van der Waals surface area contributed by atoms with Crippen LogP contribution in [0, 0.1) is 0 Å². The number of pyridine rings is 1. The normalized spacial score (nSPS) is 22.6. The molecule has 2 amide bonds. The van der Waals surface area contributed by atoms with Gasteiger partial charge in [-0.25, -0.2) is 0 Å². The van der Waals surface area contributed by atoms with E-state index in [1.807, 2.05) is 48.6 Å². The van der Waals surface area contributed by atoms with Gasteiger partial charge in [-0.1, -0.05) is 29.8 Å². The Kier molecular flexibility index (Phi) is 7.41. The molecule has 1 aliphatic heterocycles. The first-order valence-electron chi connectivity index (χ1n) is 14.1. The van der Waals surface area contributed by atoms with Crippen molar-refractivity contribution in [2.75, 3.05) is 13.6 Å². The van der Waals surface area contributed by atoms with E-state index in [-0.39, 0.29) is 23.9 Å². The highest BCUT2D eigenvalue weighted by Crippen LogP contribution is 2.34. The largest absolute Gasteiger partial charge is 0.345 e. The number of carbonyl (C=O) groups is 2. The van der Waals surface area contributed by atoms with E-state index in [0.717, 1.165) is 63.6 Å². The molecule has 1 saturated carbocycles. The van der Waals surface area contributed by atoms with Crippen LogP contribution >= 0.6 is 11.6 Å². The number of fused-ring (bicyclic) bond motifs is 2. The van der Waals surface area contributed by atoms with E-state index in [4.69, 9.17) is 11.6 Å². The molecule has 1 atom stereocenters. The Labute approximate surface area is 235 Å². The monoisotopic (exact) mass is 542 g/mol. The van der Waals surface area contributed by atoms with E-state index in [1.165, 1.54) is 16.7 Å². The van der Waals surface area contributed by atoms with Crippen molar-refractivity contribution in [1.29, 1.82) is 0 Å². The van der Waals surface area contributed by atoms with Gasteiger partial charge in [0.25, 0.3) is 11.8 Å². The van der Waals surface area contributed by atoms with Gasteiger partial charge in [-0.05, 0) is 97.5 Å². The van der Waals surface area contributed by atoms with Crippen molar-refractivity contribution in [1.82, 2.24) is 20.1 Å². The van der Waals surface area contributed by atoms with Gasteiger partial charge in [0.2, 0.25) is 0 Å². The minimum atomic E-state index is -0.182. The van der Waals surface area contributed by atoms with Crippen molar-refractivity contribution in [3.8, 4) is 0 Å². The average molecular weight is 543 g/mol. The summed E-state index contributed by atoms with van der Waals surface area (Å²) in [6, 6.07) is 15.9. The summed E-state index contributed by atoms with van der Waals surface area (Å²) in [6.07, 6.45) is 11.0. The molecular weight excluding hydrogens is 508 g/mol. The molecule has 0 spiro atoms. The SMILES string of the molecule is CN(C(=O)c1ccc2c(c1)[C@H](NC(=O)c1ccccc1Cl)CC2)C1CCC(N2CCc3cnccc3C2)CC1. The van der Waals surface area contributed by atoms with Gasteiger partial charge in [0.05, 0.1) is 16.6 Å². The first kappa shape index (κ1) is 26.0. The molecule has 0 saturated heterocycles. The molecule has 1 aromatic heterocycles. The van der Waals surface area contributed by atoms with E-state index < -0.39 is 0 Å². The van der Waals surface area contributed by atoms with E-state index >= 15 is 0 Å². The van der Waals surface area contributed by atoms with Crippen LogP contribution in [-0.2, 0) is 19.4 Å². The molecule has 2 heterocycles. The number of halogens is 1. The number of aromatic nitrogens is 1. The highest BCUT2D eigenvalue weighted by atomic mass is 35.5. The smallest absolute Gasteiger partial charge is 0.253 e. The predicted molar refractivity (Wildman–Crippen MR) is 153 cm³/mol. The minimum Gasteiger partial charge on any atom is -0.345 e. The standard InChI is InChI=1S/C32H35ClN4O2/c1-36(25-9-11-26(12-10-25)37-17-15-23-19-34-16-14-24(23)20-37)32(39)22-7-6-21-8-13-30(28(21)18-22)35-31(38)27-4-2-3-5-29(27)33/h2-7,14,16,18-19,25-26,30H,8-13,15,17,20H2,1H3,(H,35,38)/t25?,26?,30-/m1/s1. The Morgan fingerprint density at radius 3 is 2.62 bits per heavy atom. The number of benzene rings is 2. The number of nitrogens with zero attached hydrogens (tertiary/aromatic N) is 3. The van der Waals surface area contributed by atoms with Gasteiger partial charge in [-0.3, -0.25) is 19.5 Å². The van der Waals surface area contributed by atoms with Gasteiger partial charge in [-0.2, -0.15) is 0 Å². The number of nitrogens with one attached hydrogen (secondary N) is 1. The molecule has 0 radical (unpaired) electrons. The molecule has 6 rings (SSSR count). The third kappa shape index (κ3) is 5.32. The molecule has 3 aromatic rings.